The Kier molecular flexibility index (Phi) is 7.61. The molecule has 0 saturated heterocycles. The van der Waals surface area contributed by atoms with Gasteiger partial charge in [0.1, 0.15) is 18.1 Å². The highest BCUT2D eigenvalue weighted by Crippen LogP contribution is 2.29. The van der Waals surface area contributed by atoms with Gasteiger partial charge < -0.3 is 9.47 Å². The molecular formula is C32H26FN5O3S. The molecule has 0 bridgehead atoms. The maximum atomic E-state index is 14.9. The summed E-state index contributed by atoms with van der Waals surface area (Å²) in [5.74, 6) is 0.864. The summed E-state index contributed by atoms with van der Waals surface area (Å²) in [5.41, 5.74) is 3.04. The van der Waals surface area contributed by atoms with Crippen LogP contribution in [-0.4, -0.2) is 37.6 Å². The second-order valence-electron chi connectivity index (χ2n) is 9.38. The average Bonchev–Trinajstić information content (AvgIpc) is 3.71. The largest absolute Gasteiger partial charge is 0.491 e. The number of ether oxygens (including phenoxy) is 2. The molecule has 0 fully saturated rings. The zero-order valence-electron chi connectivity index (χ0n) is 22.7. The van der Waals surface area contributed by atoms with Crippen LogP contribution in [0.5, 0.6) is 11.5 Å². The topological polar surface area (TPSA) is 83.5 Å². The molecule has 10 heteroatoms. The van der Waals surface area contributed by atoms with Gasteiger partial charge in [0.25, 0.3) is 5.56 Å². The van der Waals surface area contributed by atoms with E-state index in [0.717, 1.165) is 17.7 Å². The van der Waals surface area contributed by atoms with Crippen LogP contribution in [0.4, 0.5) is 4.39 Å². The Morgan fingerprint density at radius 2 is 1.79 bits per heavy atom. The Hall–Kier alpha value is -5.09. The van der Waals surface area contributed by atoms with E-state index in [-0.39, 0.29) is 11.3 Å². The van der Waals surface area contributed by atoms with Crippen LogP contribution >= 0.6 is 11.3 Å². The van der Waals surface area contributed by atoms with E-state index < -0.39 is 5.82 Å². The van der Waals surface area contributed by atoms with Crippen molar-refractivity contribution in [2.24, 2.45) is 0 Å². The molecule has 0 saturated carbocycles. The number of thiazole rings is 1. The fourth-order valence-electron chi connectivity index (χ4n) is 4.36. The number of rotatable bonds is 10. The smallest absolute Gasteiger partial charge is 0.291 e. The molecule has 0 atom stereocenters. The Labute approximate surface area is 244 Å². The van der Waals surface area contributed by atoms with Crippen LogP contribution in [0.2, 0.25) is 0 Å². The molecule has 8 nitrogen and oxygen atoms in total. The lowest BCUT2D eigenvalue weighted by molar-refractivity contribution is 0.301. The number of halogens is 1. The van der Waals surface area contributed by atoms with Crippen molar-refractivity contribution in [1.82, 2.24) is 24.4 Å². The zero-order valence-corrected chi connectivity index (χ0v) is 23.6. The molecule has 0 N–H and O–H groups in total. The molecule has 6 rings (SSSR count). The summed E-state index contributed by atoms with van der Waals surface area (Å²) in [5, 5.41) is 9.22. The van der Waals surface area contributed by atoms with Crippen molar-refractivity contribution in [1.29, 1.82) is 0 Å². The Balaban J connectivity index is 1.39. The second-order valence-corrected chi connectivity index (χ2v) is 10.4. The van der Waals surface area contributed by atoms with Gasteiger partial charge in [-0.25, -0.2) is 9.07 Å². The first-order chi connectivity index (χ1) is 20.5. The summed E-state index contributed by atoms with van der Waals surface area (Å²) in [4.78, 5) is 18.4. The fraction of sp³-hybridized carbons (Fsp3) is 0.125. The number of nitrogens with zero attached hydrogens (tertiary/aromatic N) is 5. The number of aromatic nitrogens is 5. The van der Waals surface area contributed by atoms with Crippen molar-refractivity contribution in [2.75, 3.05) is 13.2 Å². The van der Waals surface area contributed by atoms with E-state index in [0.29, 0.717) is 51.1 Å². The molecule has 210 valence electrons. The van der Waals surface area contributed by atoms with Gasteiger partial charge in [0.2, 0.25) is 4.96 Å². The van der Waals surface area contributed by atoms with Gasteiger partial charge in [0, 0.05) is 22.9 Å². The fourth-order valence-corrected chi connectivity index (χ4v) is 5.26. The van der Waals surface area contributed by atoms with Crippen molar-refractivity contribution in [3.63, 3.8) is 0 Å². The van der Waals surface area contributed by atoms with Gasteiger partial charge in [0.15, 0.2) is 17.4 Å². The molecule has 0 spiro atoms. The number of benzene rings is 3. The van der Waals surface area contributed by atoms with E-state index in [9.17, 15) is 9.18 Å². The Morgan fingerprint density at radius 3 is 2.50 bits per heavy atom. The van der Waals surface area contributed by atoms with Crippen molar-refractivity contribution in [3.8, 4) is 39.8 Å². The molecule has 0 unspecified atom stereocenters. The first-order valence-corrected chi connectivity index (χ1v) is 14.2. The molecule has 0 aliphatic carbocycles. The number of para-hydroxylation sites is 1. The number of hydrogen-bond donors (Lipinski definition) is 0. The number of hydrogen-bond acceptors (Lipinski definition) is 7. The third-order valence-electron chi connectivity index (χ3n) is 6.38. The van der Waals surface area contributed by atoms with Gasteiger partial charge in [-0.2, -0.15) is 14.6 Å². The second kappa shape index (κ2) is 11.8. The van der Waals surface area contributed by atoms with E-state index in [1.807, 2.05) is 67.7 Å². The summed E-state index contributed by atoms with van der Waals surface area (Å²) >= 11 is 1.23. The molecule has 0 aliphatic heterocycles. The van der Waals surface area contributed by atoms with Gasteiger partial charge in [0.05, 0.1) is 16.8 Å². The highest BCUT2D eigenvalue weighted by Gasteiger charge is 2.16. The highest BCUT2D eigenvalue weighted by molar-refractivity contribution is 7.15. The monoisotopic (exact) mass is 579 g/mol. The molecule has 3 heterocycles. The minimum atomic E-state index is -0.475. The number of fused-ring (bicyclic) bond motifs is 1. The van der Waals surface area contributed by atoms with Crippen LogP contribution in [0, 0.1) is 5.82 Å². The van der Waals surface area contributed by atoms with Crippen LogP contribution in [0.3, 0.4) is 0 Å². The minimum Gasteiger partial charge on any atom is -0.491 e. The van der Waals surface area contributed by atoms with E-state index in [2.05, 4.69) is 16.7 Å². The van der Waals surface area contributed by atoms with Gasteiger partial charge >= 0.3 is 0 Å². The molecule has 6 aromatic rings. The Morgan fingerprint density at radius 1 is 1.00 bits per heavy atom. The van der Waals surface area contributed by atoms with Crippen molar-refractivity contribution in [2.45, 2.75) is 13.3 Å². The molecule has 3 aromatic heterocycles. The van der Waals surface area contributed by atoms with E-state index >= 15 is 0 Å². The standard InChI is InChI=1S/C32H26FN5O3S/c1-3-16-40-25-13-10-21(11-14-25)30-34-32-38(36-30)31(39)28(42-32)19-23-20-37(24-8-6-5-7-9-24)35-29(23)22-12-15-27(26(33)18-22)41-17-4-2/h3,5-15,18-20H,1,4,16-17H2,2H3/b28-19-. The maximum absolute atomic E-state index is 14.9. The first kappa shape index (κ1) is 27.1. The van der Waals surface area contributed by atoms with Gasteiger partial charge in [-0.15, -0.1) is 5.10 Å². The zero-order chi connectivity index (χ0) is 29.1. The molecule has 0 amide bonds. The predicted molar refractivity (Wildman–Crippen MR) is 162 cm³/mol. The molecule has 3 aromatic carbocycles. The molecule has 42 heavy (non-hydrogen) atoms. The van der Waals surface area contributed by atoms with Crippen LogP contribution in [-0.2, 0) is 0 Å². The van der Waals surface area contributed by atoms with Gasteiger partial charge in [-0.1, -0.05) is 49.1 Å². The van der Waals surface area contributed by atoms with Crippen LogP contribution in [0.1, 0.15) is 18.9 Å². The summed E-state index contributed by atoms with van der Waals surface area (Å²) in [7, 11) is 0. The molecule has 0 aliphatic rings. The maximum Gasteiger partial charge on any atom is 0.291 e. The third kappa shape index (κ3) is 5.44. The van der Waals surface area contributed by atoms with E-state index in [4.69, 9.17) is 14.6 Å². The Bertz CT molecular complexity index is 1980. The van der Waals surface area contributed by atoms with Crippen molar-refractivity contribution < 1.29 is 13.9 Å². The van der Waals surface area contributed by atoms with Gasteiger partial charge in [-0.05, 0) is 67.1 Å². The van der Waals surface area contributed by atoms with Crippen LogP contribution < -0.4 is 19.6 Å². The first-order valence-electron chi connectivity index (χ1n) is 13.4. The summed E-state index contributed by atoms with van der Waals surface area (Å²) in [6, 6.07) is 21.7. The normalized spacial score (nSPS) is 11.7. The van der Waals surface area contributed by atoms with E-state index in [1.165, 1.54) is 21.9 Å². The van der Waals surface area contributed by atoms with E-state index in [1.54, 1.807) is 29.0 Å². The van der Waals surface area contributed by atoms with Gasteiger partial charge in [-0.3, -0.25) is 4.79 Å². The predicted octanol–water partition coefficient (Wildman–Crippen LogP) is 5.71. The lowest BCUT2D eigenvalue weighted by Gasteiger charge is -2.07. The third-order valence-corrected chi connectivity index (χ3v) is 7.34. The molecular weight excluding hydrogens is 553 g/mol. The summed E-state index contributed by atoms with van der Waals surface area (Å²) < 4.78 is 29.4. The van der Waals surface area contributed by atoms with Crippen LogP contribution in [0.25, 0.3) is 39.4 Å². The lowest BCUT2D eigenvalue weighted by Crippen LogP contribution is -2.23. The van der Waals surface area contributed by atoms with Crippen LogP contribution in [0.15, 0.2) is 96.4 Å². The lowest BCUT2D eigenvalue weighted by atomic mass is 10.1. The van der Waals surface area contributed by atoms with Crippen molar-refractivity contribution in [3.05, 3.63) is 118 Å². The summed E-state index contributed by atoms with van der Waals surface area (Å²) in [6.45, 7) is 6.45. The quantitative estimate of drug-likeness (QED) is 0.193. The highest BCUT2D eigenvalue weighted by atomic mass is 32.1. The summed E-state index contributed by atoms with van der Waals surface area (Å²) in [6.07, 6.45) is 6.02. The van der Waals surface area contributed by atoms with Crippen molar-refractivity contribution >= 4 is 22.4 Å². The SMILES string of the molecule is C=CCOc1ccc(-c2nc3s/c(=C\c4cn(-c5ccccc5)nc4-c4ccc(OCCC)c(F)c4)c(=O)n3n2)cc1. The average molecular weight is 580 g/mol. The molecule has 0 radical (unpaired) electrons. The minimum absolute atomic E-state index is 0.191.